The Labute approximate surface area is 196 Å². The molecule has 4 unspecified atom stereocenters. The number of rotatable bonds is 8. The van der Waals surface area contributed by atoms with Crippen LogP contribution in [0.25, 0.3) is 0 Å². The van der Waals surface area contributed by atoms with Gasteiger partial charge in [0, 0.05) is 27.0 Å². The number of pyridine rings is 1. The largest absolute Gasteiger partial charge is 0.507 e. The number of carbonyl (C=O) groups excluding carboxylic acids is 3. The molecule has 0 bridgehead atoms. The van der Waals surface area contributed by atoms with E-state index in [2.05, 4.69) is 0 Å². The third-order valence-electron chi connectivity index (χ3n) is 5.32. The molecule has 0 aliphatic carbocycles. The van der Waals surface area contributed by atoms with Gasteiger partial charge in [0.05, 0.1) is 5.56 Å². The first kappa shape index (κ1) is 25.0. The molecule has 1 fully saturated rings. The Bertz CT molecular complexity index is 1100. The Morgan fingerprint density at radius 2 is 1.59 bits per heavy atom. The first-order valence-electron chi connectivity index (χ1n) is 10.8. The van der Waals surface area contributed by atoms with Crippen LogP contribution in [0.3, 0.4) is 0 Å². The summed E-state index contributed by atoms with van der Waals surface area (Å²) in [5.41, 5.74) is 0.597. The predicted molar refractivity (Wildman–Crippen MR) is 118 cm³/mol. The van der Waals surface area contributed by atoms with E-state index in [0.717, 1.165) is 5.56 Å². The van der Waals surface area contributed by atoms with Gasteiger partial charge in [0.25, 0.3) is 5.56 Å². The van der Waals surface area contributed by atoms with E-state index in [9.17, 15) is 24.3 Å². The van der Waals surface area contributed by atoms with Crippen molar-refractivity contribution >= 4 is 17.9 Å². The van der Waals surface area contributed by atoms with Gasteiger partial charge in [0.2, 0.25) is 0 Å². The molecule has 4 atom stereocenters. The number of esters is 3. The van der Waals surface area contributed by atoms with Gasteiger partial charge in [0.15, 0.2) is 18.4 Å². The second kappa shape index (κ2) is 11.0. The fraction of sp³-hybridized carbons (Fsp3) is 0.417. The number of nitrogens with zero attached hydrogens (tertiary/aromatic N) is 1. The topological polar surface area (TPSA) is 130 Å². The molecular weight excluding hydrogens is 446 g/mol. The van der Waals surface area contributed by atoms with Crippen molar-refractivity contribution < 1.29 is 38.4 Å². The number of carbonyl (C=O) groups is 3. The summed E-state index contributed by atoms with van der Waals surface area (Å²) in [6.07, 6.45) is -2.41. The summed E-state index contributed by atoms with van der Waals surface area (Å²) in [6, 6.07) is 10.8. The van der Waals surface area contributed by atoms with E-state index in [-0.39, 0.29) is 24.3 Å². The molecule has 0 spiro atoms. The third-order valence-corrected chi connectivity index (χ3v) is 5.32. The Kier molecular flexibility index (Phi) is 8.06. The molecule has 2 aromatic rings. The smallest absolute Gasteiger partial charge is 0.303 e. The van der Waals surface area contributed by atoms with Crippen molar-refractivity contribution in [2.45, 2.75) is 58.2 Å². The first-order chi connectivity index (χ1) is 16.2. The fourth-order valence-electron chi connectivity index (χ4n) is 3.85. The van der Waals surface area contributed by atoms with Crippen LogP contribution in [0.2, 0.25) is 0 Å². The van der Waals surface area contributed by atoms with Crippen LogP contribution in [0, 0.1) is 0 Å². The van der Waals surface area contributed by atoms with Crippen LogP contribution in [0.4, 0.5) is 0 Å². The van der Waals surface area contributed by atoms with E-state index in [1.54, 1.807) is 0 Å². The van der Waals surface area contributed by atoms with Crippen molar-refractivity contribution in [3.05, 3.63) is 64.1 Å². The van der Waals surface area contributed by atoms with Gasteiger partial charge in [-0.3, -0.25) is 23.7 Å². The highest BCUT2D eigenvalue weighted by atomic mass is 16.7. The molecule has 0 radical (unpaired) electrons. The average Bonchev–Trinajstić information content (AvgIpc) is 3.08. The summed E-state index contributed by atoms with van der Waals surface area (Å²) in [5.74, 6) is -2.10. The minimum Gasteiger partial charge on any atom is -0.507 e. The maximum absolute atomic E-state index is 13.3. The number of hydrogen-bond donors (Lipinski definition) is 1. The second-order valence-corrected chi connectivity index (χ2v) is 7.89. The van der Waals surface area contributed by atoms with Crippen molar-refractivity contribution in [1.29, 1.82) is 0 Å². The molecule has 10 nitrogen and oxygen atoms in total. The first-order valence-corrected chi connectivity index (χ1v) is 10.8. The van der Waals surface area contributed by atoms with Crippen LogP contribution >= 0.6 is 0 Å². The number of aromatic hydroxyl groups is 1. The van der Waals surface area contributed by atoms with Crippen molar-refractivity contribution in [2.75, 3.05) is 6.61 Å². The molecule has 0 amide bonds. The van der Waals surface area contributed by atoms with E-state index < -0.39 is 48.0 Å². The molecule has 2 heterocycles. The Morgan fingerprint density at radius 3 is 2.21 bits per heavy atom. The molecule has 1 saturated heterocycles. The van der Waals surface area contributed by atoms with Gasteiger partial charge in [0.1, 0.15) is 18.5 Å². The minimum atomic E-state index is -1.19. The van der Waals surface area contributed by atoms with Crippen molar-refractivity contribution in [1.82, 2.24) is 4.57 Å². The zero-order chi connectivity index (χ0) is 24.8. The molecule has 1 aliphatic heterocycles. The molecule has 34 heavy (non-hydrogen) atoms. The van der Waals surface area contributed by atoms with Crippen LogP contribution in [-0.4, -0.2) is 52.5 Å². The van der Waals surface area contributed by atoms with Crippen LogP contribution < -0.4 is 5.56 Å². The molecule has 1 aliphatic rings. The second-order valence-electron chi connectivity index (χ2n) is 7.89. The number of ether oxygens (including phenoxy) is 4. The fourth-order valence-corrected chi connectivity index (χ4v) is 3.85. The lowest BCUT2D eigenvalue weighted by molar-refractivity contribution is -0.166. The molecule has 182 valence electrons. The summed E-state index contributed by atoms with van der Waals surface area (Å²) >= 11 is 0. The zero-order valence-corrected chi connectivity index (χ0v) is 19.1. The van der Waals surface area contributed by atoms with Crippen molar-refractivity contribution in [2.24, 2.45) is 0 Å². The SMILES string of the molecule is CC(=O)OCC1OC(n2ccc(O)c(CCc3ccccc3)c2=O)C(OC(C)=O)C1OC(C)=O. The number of aryl methyl sites for hydroxylation is 1. The highest BCUT2D eigenvalue weighted by Crippen LogP contribution is 2.34. The highest BCUT2D eigenvalue weighted by molar-refractivity contribution is 5.68. The van der Waals surface area contributed by atoms with E-state index in [0.29, 0.717) is 6.42 Å². The van der Waals surface area contributed by atoms with E-state index in [1.165, 1.54) is 37.6 Å². The highest BCUT2D eigenvalue weighted by Gasteiger charge is 2.50. The lowest BCUT2D eigenvalue weighted by Crippen LogP contribution is -2.41. The summed E-state index contributed by atoms with van der Waals surface area (Å²) in [6.45, 7) is 3.27. The van der Waals surface area contributed by atoms with E-state index in [4.69, 9.17) is 18.9 Å². The Balaban J connectivity index is 1.95. The van der Waals surface area contributed by atoms with Gasteiger partial charge in [-0.1, -0.05) is 30.3 Å². The van der Waals surface area contributed by atoms with Gasteiger partial charge < -0.3 is 24.1 Å². The lowest BCUT2D eigenvalue weighted by Gasteiger charge is -2.24. The molecule has 3 rings (SSSR count). The van der Waals surface area contributed by atoms with E-state index in [1.807, 2.05) is 30.3 Å². The summed E-state index contributed by atoms with van der Waals surface area (Å²) in [7, 11) is 0. The summed E-state index contributed by atoms with van der Waals surface area (Å²) in [4.78, 5) is 48.2. The predicted octanol–water partition coefficient (Wildman–Crippen LogP) is 1.66. The zero-order valence-electron chi connectivity index (χ0n) is 19.1. The summed E-state index contributed by atoms with van der Waals surface area (Å²) in [5, 5.41) is 10.3. The Morgan fingerprint density at radius 1 is 0.941 bits per heavy atom. The van der Waals surface area contributed by atoms with Gasteiger partial charge >= 0.3 is 17.9 Å². The quantitative estimate of drug-likeness (QED) is 0.449. The van der Waals surface area contributed by atoms with Crippen LogP contribution in [0.15, 0.2) is 47.4 Å². The van der Waals surface area contributed by atoms with E-state index >= 15 is 0 Å². The molecule has 0 saturated carbocycles. The van der Waals surface area contributed by atoms with Crippen molar-refractivity contribution in [3.63, 3.8) is 0 Å². The average molecular weight is 473 g/mol. The van der Waals surface area contributed by atoms with Crippen LogP contribution in [0.1, 0.15) is 38.1 Å². The molecule has 10 heteroatoms. The molecule has 1 aromatic carbocycles. The standard InChI is InChI=1S/C24H27NO9/c1-14(26)31-13-20-21(32-15(2)27)22(33-16(3)28)24(34-20)25-12-11-19(29)18(23(25)30)10-9-17-7-5-4-6-8-17/h4-8,11-12,20-22,24,29H,9-10,13H2,1-3H3. The maximum Gasteiger partial charge on any atom is 0.303 e. The number of hydrogen-bond acceptors (Lipinski definition) is 9. The van der Waals surface area contributed by atoms with Crippen LogP contribution in [0.5, 0.6) is 5.75 Å². The van der Waals surface area contributed by atoms with Gasteiger partial charge in [-0.25, -0.2) is 0 Å². The van der Waals surface area contributed by atoms with Gasteiger partial charge in [-0.2, -0.15) is 0 Å². The van der Waals surface area contributed by atoms with Crippen molar-refractivity contribution in [3.8, 4) is 5.75 Å². The summed E-state index contributed by atoms with van der Waals surface area (Å²) < 4.78 is 22.8. The minimum absolute atomic E-state index is 0.156. The number of benzene rings is 1. The maximum atomic E-state index is 13.3. The normalized spacial score (nSPS) is 21.6. The Hall–Kier alpha value is -3.66. The van der Waals surface area contributed by atoms with Crippen LogP contribution in [-0.2, 0) is 46.2 Å². The number of aromatic nitrogens is 1. The van der Waals surface area contributed by atoms with Gasteiger partial charge in [-0.15, -0.1) is 0 Å². The van der Waals surface area contributed by atoms with Gasteiger partial charge in [-0.05, 0) is 24.5 Å². The lowest BCUT2D eigenvalue weighted by atomic mass is 10.0. The molecule has 1 N–H and O–H groups in total. The molecular formula is C24H27NO9. The monoisotopic (exact) mass is 473 g/mol. The molecule has 1 aromatic heterocycles. The third kappa shape index (κ3) is 6.02.